The van der Waals surface area contributed by atoms with Crippen molar-refractivity contribution in [3.63, 3.8) is 0 Å². The van der Waals surface area contributed by atoms with Crippen molar-refractivity contribution in [1.29, 1.82) is 0 Å². The van der Waals surface area contributed by atoms with Crippen LogP contribution in [0.25, 0.3) is 10.9 Å². The lowest BCUT2D eigenvalue weighted by atomic mass is 10.1. The molecule has 0 bridgehead atoms. The van der Waals surface area contributed by atoms with Gasteiger partial charge in [0.05, 0.1) is 12.7 Å². The number of amides is 1. The number of ketones is 1. The number of carbonyl (C=O) groups is 2. The van der Waals surface area contributed by atoms with Gasteiger partial charge in [-0.1, -0.05) is 0 Å². The first-order valence-corrected chi connectivity index (χ1v) is 9.01. The van der Waals surface area contributed by atoms with Crippen molar-refractivity contribution in [2.45, 2.75) is 12.8 Å². The molecule has 0 atom stereocenters. The maximum Gasteiger partial charge on any atom is 0.296 e. The molecule has 0 aliphatic carbocycles. The summed E-state index contributed by atoms with van der Waals surface area (Å²) in [5, 5.41) is 3.35. The Morgan fingerprint density at radius 1 is 1.07 bits per heavy atom. The number of aromatic amines is 1. The Hall–Kier alpha value is -3.28. The molecule has 1 aliphatic rings. The molecule has 1 fully saturated rings. The number of ether oxygens (including phenoxy) is 1. The molecule has 1 aliphatic heterocycles. The highest BCUT2D eigenvalue weighted by Gasteiger charge is 2.21. The second kappa shape index (κ2) is 7.15. The summed E-state index contributed by atoms with van der Waals surface area (Å²) in [5.41, 5.74) is 2.85. The molecule has 3 aromatic rings. The first-order valence-electron chi connectivity index (χ1n) is 9.01. The van der Waals surface area contributed by atoms with Crippen molar-refractivity contribution in [3.05, 3.63) is 54.2 Å². The Kier molecular flexibility index (Phi) is 4.54. The third-order valence-corrected chi connectivity index (χ3v) is 4.94. The van der Waals surface area contributed by atoms with Crippen LogP contribution in [0.3, 0.4) is 0 Å². The molecular weight excluding hydrogens is 342 g/mol. The number of hydrogen-bond donors (Lipinski definition) is 2. The van der Waals surface area contributed by atoms with Gasteiger partial charge in [-0.3, -0.25) is 9.59 Å². The fourth-order valence-electron chi connectivity index (χ4n) is 3.46. The normalized spacial score (nSPS) is 13.7. The van der Waals surface area contributed by atoms with Gasteiger partial charge in [-0.25, -0.2) is 0 Å². The molecule has 6 nitrogen and oxygen atoms in total. The van der Waals surface area contributed by atoms with Crippen LogP contribution in [-0.2, 0) is 4.79 Å². The Morgan fingerprint density at radius 2 is 1.81 bits per heavy atom. The third kappa shape index (κ3) is 3.38. The molecule has 2 heterocycles. The topological polar surface area (TPSA) is 74.4 Å². The van der Waals surface area contributed by atoms with Crippen LogP contribution in [0, 0.1) is 0 Å². The van der Waals surface area contributed by atoms with Gasteiger partial charge in [0.1, 0.15) is 5.75 Å². The van der Waals surface area contributed by atoms with Crippen LogP contribution in [0.2, 0.25) is 0 Å². The van der Waals surface area contributed by atoms with E-state index in [0.29, 0.717) is 22.4 Å². The van der Waals surface area contributed by atoms with E-state index >= 15 is 0 Å². The molecule has 0 saturated carbocycles. The monoisotopic (exact) mass is 363 g/mol. The predicted molar refractivity (Wildman–Crippen MR) is 106 cm³/mol. The van der Waals surface area contributed by atoms with Gasteiger partial charge >= 0.3 is 0 Å². The number of anilines is 2. The Balaban J connectivity index is 1.50. The van der Waals surface area contributed by atoms with Gasteiger partial charge in [-0.2, -0.15) is 0 Å². The lowest BCUT2D eigenvalue weighted by Crippen LogP contribution is -2.23. The lowest BCUT2D eigenvalue weighted by Gasteiger charge is -2.17. The summed E-state index contributed by atoms with van der Waals surface area (Å²) >= 11 is 0. The van der Waals surface area contributed by atoms with Gasteiger partial charge in [0.15, 0.2) is 0 Å². The molecule has 2 N–H and O–H groups in total. The van der Waals surface area contributed by atoms with Crippen LogP contribution in [-0.4, -0.2) is 36.9 Å². The van der Waals surface area contributed by atoms with E-state index in [1.807, 2.05) is 30.3 Å². The van der Waals surface area contributed by atoms with Gasteiger partial charge in [0.25, 0.3) is 11.7 Å². The van der Waals surface area contributed by atoms with Crippen LogP contribution in [0.4, 0.5) is 11.4 Å². The van der Waals surface area contributed by atoms with Crippen LogP contribution in [0.15, 0.2) is 48.7 Å². The maximum absolute atomic E-state index is 12.6. The lowest BCUT2D eigenvalue weighted by molar-refractivity contribution is -0.112. The molecule has 6 heteroatoms. The number of rotatable bonds is 5. The highest BCUT2D eigenvalue weighted by atomic mass is 16.5. The second-order valence-corrected chi connectivity index (χ2v) is 6.64. The summed E-state index contributed by atoms with van der Waals surface area (Å²) in [6.07, 6.45) is 3.98. The molecule has 1 amide bonds. The summed E-state index contributed by atoms with van der Waals surface area (Å²) < 4.78 is 5.21. The van der Waals surface area contributed by atoms with Crippen molar-refractivity contribution in [1.82, 2.24) is 4.98 Å². The zero-order chi connectivity index (χ0) is 18.8. The summed E-state index contributed by atoms with van der Waals surface area (Å²) in [5.74, 6) is -0.611. The molecule has 4 rings (SSSR count). The first-order chi connectivity index (χ1) is 13.2. The van der Waals surface area contributed by atoms with E-state index in [2.05, 4.69) is 15.2 Å². The van der Waals surface area contributed by atoms with Crippen LogP contribution in [0.1, 0.15) is 23.2 Å². The van der Waals surface area contributed by atoms with Gasteiger partial charge in [0.2, 0.25) is 0 Å². The quantitative estimate of drug-likeness (QED) is 0.537. The number of fused-ring (bicyclic) bond motifs is 1. The molecule has 1 saturated heterocycles. The predicted octanol–water partition coefficient (Wildman–Crippen LogP) is 3.60. The van der Waals surface area contributed by atoms with Gasteiger partial charge in [-0.05, 0) is 55.3 Å². The van der Waals surface area contributed by atoms with E-state index < -0.39 is 11.7 Å². The van der Waals surface area contributed by atoms with Crippen molar-refractivity contribution < 1.29 is 14.3 Å². The maximum atomic E-state index is 12.6. The number of aromatic nitrogens is 1. The van der Waals surface area contributed by atoms with Gasteiger partial charge < -0.3 is 19.9 Å². The van der Waals surface area contributed by atoms with E-state index in [4.69, 9.17) is 4.74 Å². The molecule has 27 heavy (non-hydrogen) atoms. The van der Waals surface area contributed by atoms with Crippen LogP contribution in [0.5, 0.6) is 5.75 Å². The minimum absolute atomic E-state index is 0.329. The number of benzene rings is 2. The summed E-state index contributed by atoms with van der Waals surface area (Å²) in [6.45, 7) is 2.13. The standard InChI is InChI=1S/C21H21N3O3/c1-27-16-8-9-19-17(12-16)18(13-22-19)20(25)21(26)23-14-4-6-15(7-5-14)24-10-2-3-11-24/h4-9,12-13,22H,2-3,10-11H2,1H3,(H,23,26). The third-order valence-electron chi connectivity index (χ3n) is 4.94. The molecule has 0 unspecified atom stereocenters. The second-order valence-electron chi connectivity index (χ2n) is 6.64. The number of hydrogen-bond acceptors (Lipinski definition) is 4. The van der Waals surface area contributed by atoms with E-state index in [9.17, 15) is 9.59 Å². The van der Waals surface area contributed by atoms with Crippen molar-refractivity contribution in [3.8, 4) is 5.75 Å². The van der Waals surface area contributed by atoms with Crippen LogP contribution >= 0.6 is 0 Å². The fraction of sp³-hybridized carbons (Fsp3) is 0.238. The minimum atomic E-state index is -0.660. The SMILES string of the molecule is COc1ccc2[nH]cc(C(=O)C(=O)Nc3ccc(N4CCCC4)cc3)c2c1. The highest BCUT2D eigenvalue weighted by molar-refractivity contribution is 6.48. The van der Waals surface area contributed by atoms with E-state index in [1.165, 1.54) is 12.8 Å². The average molecular weight is 363 g/mol. The average Bonchev–Trinajstić information content (AvgIpc) is 3.37. The largest absolute Gasteiger partial charge is 0.497 e. The summed E-state index contributed by atoms with van der Waals surface area (Å²) in [7, 11) is 1.56. The smallest absolute Gasteiger partial charge is 0.296 e. The number of nitrogens with zero attached hydrogens (tertiary/aromatic N) is 1. The zero-order valence-electron chi connectivity index (χ0n) is 15.1. The minimum Gasteiger partial charge on any atom is -0.497 e. The Morgan fingerprint density at radius 3 is 2.52 bits per heavy atom. The molecule has 2 aromatic carbocycles. The van der Waals surface area contributed by atoms with Crippen molar-refractivity contribution in [2.24, 2.45) is 0 Å². The number of methoxy groups -OCH3 is 1. The molecule has 0 spiro atoms. The van der Waals surface area contributed by atoms with E-state index in [-0.39, 0.29) is 0 Å². The highest BCUT2D eigenvalue weighted by Crippen LogP contribution is 2.25. The van der Waals surface area contributed by atoms with Crippen LogP contribution < -0.4 is 15.0 Å². The number of H-pyrrole nitrogens is 1. The zero-order valence-corrected chi connectivity index (χ0v) is 15.1. The molecule has 1 aromatic heterocycles. The number of Topliss-reactive ketones (excluding diaryl/α,β-unsaturated/α-hetero) is 1. The van der Waals surface area contributed by atoms with E-state index in [0.717, 1.165) is 24.3 Å². The number of nitrogens with one attached hydrogen (secondary N) is 2. The Bertz CT molecular complexity index is 986. The molecule has 138 valence electrons. The summed E-state index contributed by atoms with van der Waals surface area (Å²) in [6, 6.07) is 13.0. The Labute approximate surface area is 157 Å². The van der Waals surface area contributed by atoms with E-state index in [1.54, 1.807) is 25.4 Å². The molecule has 0 radical (unpaired) electrons. The molecular formula is C21H21N3O3. The number of carbonyl (C=O) groups excluding carboxylic acids is 2. The van der Waals surface area contributed by atoms with Crippen molar-refractivity contribution in [2.75, 3.05) is 30.4 Å². The summed E-state index contributed by atoms with van der Waals surface area (Å²) in [4.78, 5) is 30.4. The van der Waals surface area contributed by atoms with Gasteiger partial charge in [-0.15, -0.1) is 0 Å². The first kappa shape index (κ1) is 17.1. The van der Waals surface area contributed by atoms with Crippen molar-refractivity contribution >= 4 is 34.0 Å². The van der Waals surface area contributed by atoms with Gasteiger partial charge in [0, 0.05) is 41.6 Å². The fourth-order valence-corrected chi connectivity index (χ4v) is 3.46.